The number of furan rings is 1. The molecular formula is C21H26N4O4. The zero-order chi connectivity index (χ0) is 19.8. The van der Waals surface area contributed by atoms with Crippen LogP contribution in [0.5, 0.6) is 0 Å². The van der Waals surface area contributed by atoms with Gasteiger partial charge in [0.1, 0.15) is 0 Å². The van der Waals surface area contributed by atoms with E-state index in [2.05, 4.69) is 15.6 Å². The second-order valence-corrected chi connectivity index (χ2v) is 8.30. The van der Waals surface area contributed by atoms with Gasteiger partial charge in [0, 0.05) is 50.5 Å². The van der Waals surface area contributed by atoms with Crippen molar-refractivity contribution in [1.82, 2.24) is 20.5 Å². The number of hydrogen-bond donors (Lipinski definition) is 2. The first-order valence-electron chi connectivity index (χ1n) is 10.4. The summed E-state index contributed by atoms with van der Waals surface area (Å²) >= 11 is 0. The van der Waals surface area contributed by atoms with Gasteiger partial charge in [-0.25, -0.2) is 4.79 Å². The number of pyridine rings is 1. The molecule has 154 valence electrons. The van der Waals surface area contributed by atoms with Gasteiger partial charge < -0.3 is 24.7 Å². The predicted octanol–water partition coefficient (Wildman–Crippen LogP) is 2.01. The highest BCUT2D eigenvalue weighted by Gasteiger charge is 2.55. The third-order valence-electron chi connectivity index (χ3n) is 6.52. The average Bonchev–Trinajstić information content (AvgIpc) is 3.11. The van der Waals surface area contributed by atoms with E-state index in [1.165, 1.54) is 0 Å². The lowest BCUT2D eigenvalue weighted by Crippen LogP contribution is -2.46. The van der Waals surface area contributed by atoms with Gasteiger partial charge >= 0.3 is 6.03 Å². The van der Waals surface area contributed by atoms with Gasteiger partial charge in [-0.15, -0.1) is 0 Å². The summed E-state index contributed by atoms with van der Waals surface area (Å²) in [6.07, 6.45) is 6.03. The molecule has 2 N–H and O–H groups in total. The Labute approximate surface area is 169 Å². The van der Waals surface area contributed by atoms with Crippen molar-refractivity contribution >= 4 is 22.9 Å². The minimum atomic E-state index is -0.190. The summed E-state index contributed by atoms with van der Waals surface area (Å²) in [7, 11) is 0. The molecule has 1 saturated carbocycles. The van der Waals surface area contributed by atoms with Crippen LogP contribution in [0.4, 0.5) is 4.79 Å². The van der Waals surface area contributed by atoms with Crippen LogP contribution in [0.3, 0.4) is 0 Å². The maximum atomic E-state index is 12.4. The molecule has 0 radical (unpaired) electrons. The van der Waals surface area contributed by atoms with Crippen molar-refractivity contribution in [3.05, 3.63) is 30.3 Å². The quantitative estimate of drug-likeness (QED) is 0.803. The molecule has 3 atom stereocenters. The van der Waals surface area contributed by atoms with E-state index in [1.54, 1.807) is 18.5 Å². The van der Waals surface area contributed by atoms with E-state index in [0.29, 0.717) is 35.6 Å². The van der Waals surface area contributed by atoms with Gasteiger partial charge in [0.15, 0.2) is 11.3 Å². The number of fused-ring (bicyclic) bond motifs is 2. The number of urea groups is 1. The van der Waals surface area contributed by atoms with Crippen molar-refractivity contribution in [3.63, 3.8) is 0 Å². The molecule has 3 amide bonds. The third-order valence-corrected chi connectivity index (χ3v) is 6.52. The highest BCUT2D eigenvalue weighted by molar-refractivity contribution is 5.95. The first kappa shape index (κ1) is 18.4. The summed E-state index contributed by atoms with van der Waals surface area (Å²) in [6, 6.07) is 3.88. The predicted molar refractivity (Wildman–Crippen MR) is 105 cm³/mol. The first-order valence-corrected chi connectivity index (χ1v) is 10.4. The number of carbonyl (C=O) groups is 2. The summed E-state index contributed by atoms with van der Waals surface area (Å²) in [4.78, 5) is 30.7. The Balaban J connectivity index is 1.04. The van der Waals surface area contributed by atoms with E-state index in [-0.39, 0.29) is 18.0 Å². The van der Waals surface area contributed by atoms with E-state index in [1.807, 2.05) is 11.0 Å². The number of hydrogen-bond acceptors (Lipinski definition) is 5. The van der Waals surface area contributed by atoms with Gasteiger partial charge in [0.25, 0.3) is 5.91 Å². The molecule has 1 aliphatic carbocycles. The lowest BCUT2D eigenvalue weighted by Gasteiger charge is -2.27. The maximum absolute atomic E-state index is 12.4. The van der Waals surface area contributed by atoms with Crippen molar-refractivity contribution in [3.8, 4) is 0 Å². The normalized spacial score (nSPS) is 26.3. The molecule has 5 rings (SSSR count). The van der Waals surface area contributed by atoms with Crippen molar-refractivity contribution < 1.29 is 18.7 Å². The molecule has 2 saturated heterocycles. The zero-order valence-electron chi connectivity index (χ0n) is 16.3. The zero-order valence-corrected chi connectivity index (χ0v) is 16.3. The van der Waals surface area contributed by atoms with Gasteiger partial charge in [-0.3, -0.25) is 9.78 Å². The number of likely N-dealkylation sites (tertiary alicyclic amines) is 1. The number of carbonyl (C=O) groups excluding carboxylic acids is 2. The van der Waals surface area contributed by atoms with Crippen LogP contribution in [0.1, 0.15) is 29.8 Å². The number of rotatable bonds is 5. The largest absolute Gasteiger partial charge is 0.449 e. The molecule has 0 bridgehead atoms. The fraction of sp³-hybridized carbons (Fsp3) is 0.571. The highest BCUT2D eigenvalue weighted by atomic mass is 16.5. The van der Waals surface area contributed by atoms with E-state index < -0.39 is 0 Å². The number of nitrogens with one attached hydrogen (secondary N) is 2. The second kappa shape index (κ2) is 7.67. The van der Waals surface area contributed by atoms with Crippen molar-refractivity contribution in [2.75, 3.05) is 32.8 Å². The molecule has 2 aliphatic heterocycles. The molecule has 8 heteroatoms. The number of aromatic nitrogens is 1. The Morgan fingerprint density at radius 2 is 2.00 bits per heavy atom. The SMILES string of the molecule is O=C(NCC[C@H]1C2CN(C(=O)NC3CCOCC3)C[C@@H]21)c1cc2ccncc2o1. The van der Waals surface area contributed by atoms with Crippen LogP contribution in [0.2, 0.25) is 0 Å². The van der Waals surface area contributed by atoms with Crippen molar-refractivity contribution in [1.29, 1.82) is 0 Å². The summed E-state index contributed by atoms with van der Waals surface area (Å²) in [5.74, 6) is 1.88. The van der Waals surface area contributed by atoms with Crippen LogP contribution in [0, 0.1) is 17.8 Å². The lowest BCUT2D eigenvalue weighted by atomic mass is 10.1. The molecule has 4 heterocycles. The van der Waals surface area contributed by atoms with E-state index >= 15 is 0 Å². The third kappa shape index (κ3) is 3.81. The van der Waals surface area contributed by atoms with Crippen LogP contribution in [0.25, 0.3) is 11.0 Å². The van der Waals surface area contributed by atoms with Crippen LogP contribution in [0.15, 0.2) is 28.9 Å². The molecule has 2 aromatic heterocycles. The van der Waals surface area contributed by atoms with E-state index in [4.69, 9.17) is 9.15 Å². The molecule has 3 fully saturated rings. The van der Waals surface area contributed by atoms with Crippen molar-refractivity contribution in [2.24, 2.45) is 17.8 Å². The topological polar surface area (TPSA) is 96.7 Å². The van der Waals surface area contributed by atoms with Crippen molar-refractivity contribution in [2.45, 2.75) is 25.3 Å². The minimum Gasteiger partial charge on any atom is -0.449 e. The van der Waals surface area contributed by atoms with Gasteiger partial charge in [0.05, 0.1) is 6.20 Å². The Morgan fingerprint density at radius 1 is 1.21 bits per heavy atom. The lowest BCUT2D eigenvalue weighted by molar-refractivity contribution is 0.0782. The summed E-state index contributed by atoms with van der Waals surface area (Å²) in [6.45, 7) is 3.74. The standard InChI is InChI=1S/C21H26N4O4/c26-20(18-9-13-1-5-22-10-19(13)29-18)23-6-2-15-16-11-25(12-17(15)16)21(27)24-14-3-7-28-8-4-14/h1,5,9-10,14-17H,2-4,6-8,11-12H2,(H,23,26)(H,24,27)/t15-,16-,17?/m1/s1. The Morgan fingerprint density at radius 3 is 2.76 bits per heavy atom. The Hall–Kier alpha value is -2.61. The second-order valence-electron chi connectivity index (χ2n) is 8.30. The summed E-state index contributed by atoms with van der Waals surface area (Å²) < 4.78 is 10.9. The van der Waals surface area contributed by atoms with Gasteiger partial charge in [-0.2, -0.15) is 0 Å². The molecule has 29 heavy (non-hydrogen) atoms. The smallest absolute Gasteiger partial charge is 0.317 e. The maximum Gasteiger partial charge on any atom is 0.317 e. The van der Waals surface area contributed by atoms with Gasteiger partial charge in [-0.1, -0.05) is 0 Å². The summed E-state index contributed by atoms with van der Waals surface area (Å²) in [5, 5.41) is 6.97. The van der Waals surface area contributed by atoms with Crippen LogP contribution < -0.4 is 10.6 Å². The molecule has 8 nitrogen and oxygen atoms in total. The molecule has 0 aromatic carbocycles. The first-order chi connectivity index (χ1) is 14.2. The highest BCUT2D eigenvalue weighted by Crippen LogP contribution is 2.53. The number of nitrogens with zero attached hydrogens (tertiary/aromatic N) is 2. The van der Waals surface area contributed by atoms with Crippen LogP contribution in [-0.4, -0.2) is 60.7 Å². The monoisotopic (exact) mass is 398 g/mol. The van der Waals surface area contributed by atoms with Crippen LogP contribution >= 0.6 is 0 Å². The van der Waals surface area contributed by atoms with E-state index in [0.717, 1.165) is 51.0 Å². The Kier molecular flexibility index (Phi) is 4.87. The average molecular weight is 398 g/mol. The fourth-order valence-electron chi connectivity index (χ4n) is 4.79. The molecule has 2 aromatic rings. The molecule has 0 spiro atoms. The minimum absolute atomic E-state index is 0.0653. The fourth-order valence-corrected chi connectivity index (χ4v) is 4.79. The number of piperidine rings is 1. The number of amides is 3. The van der Waals surface area contributed by atoms with E-state index in [9.17, 15) is 9.59 Å². The number of ether oxygens (including phenoxy) is 1. The van der Waals surface area contributed by atoms with Gasteiger partial charge in [0.2, 0.25) is 0 Å². The van der Waals surface area contributed by atoms with Crippen LogP contribution in [-0.2, 0) is 4.74 Å². The van der Waals surface area contributed by atoms with Gasteiger partial charge in [-0.05, 0) is 49.1 Å². The molecular weight excluding hydrogens is 372 g/mol. The summed E-state index contributed by atoms with van der Waals surface area (Å²) in [5.41, 5.74) is 0.619. The Bertz CT molecular complexity index is 862. The molecule has 1 unspecified atom stereocenters. The molecule has 3 aliphatic rings.